The highest BCUT2D eigenvalue weighted by Gasteiger charge is 2.15. The number of benzene rings is 1. The number of pyridine rings is 1. The van der Waals surface area contributed by atoms with Gasteiger partial charge in [-0.2, -0.15) is 10.2 Å². The maximum absolute atomic E-state index is 10.1. The molecule has 0 amide bonds. The van der Waals surface area contributed by atoms with E-state index in [0.29, 0.717) is 24.8 Å². The number of hydrogen-bond acceptors (Lipinski definition) is 7. The molecule has 0 aliphatic rings. The molecule has 30 heavy (non-hydrogen) atoms. The number of ether oxygens (including phenoxy) is 1. The zero-order chi connectivity index (χ0) is 21.3. The van der Waals surface area contributed by atoms with E-state index in [2.05, 4.69) is 20.7 Å². The summed E-state index contributed by atoms with van der Waals surface area (Å²) in [5.41, 5.74) is 3.55. The molecule has 0 aliphatic heterocycles. The molecule has 0 atom stereocenters. The van der Waals surface area contributed by atoms with Gasteiger partial charge in [-0.25, -0.2) is 4.98 Å². The average Bonchev–Trinajstić information content (AvgIpc) is 3.29. The van der Waals surface area contributed by atoms with Crippen molar-refractivity contribution in [1.29, 1.82) is 0 Å². The zero-order valence-corrected chi connectivity index (χ0v) is 17.5. The minimum absolute atomic E-state index is 0.242. The normalized spacial score (nSPS) is 11.2. The van der Waals surface area contributed by atoms with E-state index in [1.807, 2.05) is 50.0 Å². The van der Waals surface area contributed by atoms with Crippen LogP contribution in [0.3, 0.4) is 0 Å². The Morgan fingerprint density at radius 3 is 2.67 bits per heavy atom. The van der Waals surface area contributed by atoms with E-state index in [9.17, 15) is 5.11 Å². The van der Waals surface area contributed by atoms with E-state index in [1.54, 1.807) is 24.1 Å². The van der Waals surface area contributed by atoms with Crippen molar-refractivity contribution in [3.05, 3.63) is 47.8 Å². The maximum Gasteiger partial charge on any atom is 0.161 e. The second-order valence-electron chi connectivity index (χ2n) is 7.18. The van der Waals surface area contributed by atoms with Gasteiger partial charge in [0.15, 0.2) is 11.6 Å². The second kappa shape index (κ2) is 8.03. The van der Waals surface area contributed by atoms with Gasteiger partial charge in [0.2, 0.25) is 0 Å². The highest BCUT2D eigenvalue weighted by molar-refractivity contribution is 5.93. The van der Waals surface area contributed by atoms with Crippen molar-refractivity contribution >= 4 is 34.0 Å². The molecule has 3 N–H and O–H groups in total. The fraction of sp³-hybridized carbons (Fsp3) is 0.286. The number of aromatic hydroxyl groups is 1. The number of fused-ring (bicyclic) bond motifs is 1. The van der Waals surface area contributed by atoms with Gasteiger partial charge in [-0.15, -0.1) is 0 Å². The molecule has 156 valence electrons. The molecule has 3 heterocycles. The molecular formula is C21H25N7O2. The summed E-state index contributed by atoms with van der Waals surface area (Å²) in [4.78, 5) is 4.54. The monoisotopic (exact) mass is 407 g/mol. The summed E-state index contributed by atoms with van der Waals surface area (Å²) in [5.74, 6) is 2.31. The smallest absolute Gasteiger partial charge is 0.161 e. The molecule has 0 unspecified atom stereocenters. The molecule has 4 aromatic rings. The number of hydrogen-bond donors (Lipinski definition) is 3. The van der Waals surface area contributed by atoms with E-state index in [4.69, 9.17) is 9.84 Å². The van der Waals surface area contributed by atoms with Crippen LogP contribution in [0.4, 0.5) is 23.1 Å². The van der Waals surface area contributed by atoms with E-state index < -0.39 is 0 Å². The lowest BCUT2D eigenvalue weighted by Crippen LogP contribution is -2.06. The van der Waals surface area contributed by atoms with E-state index in [1.165, 1.54) is 0 Å². The molecular weight excluding hydrogens is 382 g/mol. The number of aryl methyl sites for hydroxylation is 2. The predicted molar refractivity (Wildman–Crippen MR) is 117 cm³/mol. The van der Waals surface area contributed by atoms with Gasteiger partial charge in [0.05, 0.1) is 24.1 Å². The minimum Gasteiger partial charge on any atom is -0.508 e. The van der Waals surface area contributed by atoms with Crippen LogP contribution >= 0.6 is 0 Å². The number of anilines is 4. The number of methoxy groups -OCH3 is 1. The third-order valence-electron chi connectivity index (χ3n) is 5.00. The van der Waals surface area contributed by atoms with Crippen molar-refractivity contribution in [3.63, 3.8) is 0 Å². The van der Waals surface area contributed by atoms with Crippen LogP contribution in [0.25, 0.3) is 10.9 Å². The Balaban J connectivity index is 1.74. The quantitative estimate of drug-likeness (QED) is 0.430. The molecule has 0 saturated heterocycles. The Morgan fingerprint density at radius 1 is 1.10 bits per heavy atom. The number of rotatable bonds is 7. The minimum atomic E-state index is 0.242. The third-order valence-corrected chi connectivity index (χ3v) is 5.00. The topological polar surface area (TPSA) is 102 Å². The Bertz CT molecular complexity index is 1200. The Hall–Kier alpha value is -3.59. The molecule has 0 fully saturated rings. The highest BCUT2D eigenvalue weighted by Crippen LogP contribution is 2.33. The van der Waals surface area contributed by atoms with Crippen molar-refractivity contribution in [2.75, 3.05) is 24.4 Å². The summed E-state index contributed by atoms with van der Waals surface area (Å²) >= 11 is 0. The van der Waals surface area contributed by atoms with Gasteiger partial charge in [0, 0.05) is 49.9 Å². The van der Waals surface area contributed by atoms with E-state index in [0.717, 1.165) is 33.5 Å². The average molecular weight is 407 g/mol. The first-order valence-corrected chi connectivity index (χ1v) is 9.64. The van der Waals surface area contributed by atoms with Gasteiger partial charge >= 0.3 is 0 Å². The largest absolute Gasteiger partial charge is 0.508 e. The number of phenolic OH excluding ortho intramolecular Hbond substituents is 1. The Kier molecular flexibility index (Phi) is 5.28. The fourth-order valence-electron chi connectivity index (χ4n) is 3.34. The van der Waals surface area contributed by atoms with Crippen molar-refractivity contribution in [2.45, 2.75) is 20.4 Å². The molecule has 3 aromatic heterocycles. The molecule has 9 heteroatoms. The van der Waals surface area contributed by atoms with Gasteiger partial charge in [0.1, 0.15) is 11.6 Å². The summed E-state index contributed by atoms with van der Waals surface area (Å²) in [6.07, 6.45) is 3.65. The van der Waals surface area contributed by atoms with E-state index in [-0.39, 0.29) is 5.75 Å². The molecule has 0 aliphatic carbocycles. The van der Waals surface area contributed by atoms with Crippen LogP contribution in [-0.4, -0.2) is 43.4 Å². The predicted octanol–water partition coefficient (Wildman–Crippen LogP) is 3.62. The highest BCUT2D eigenvalue weighted by atomic mass is 16.5. The number of nitrogens with zero attached hydrogens (tertiary/aromatic N) is 5. The van der Waals surface area contributed by atoms with Crippen LogP contribution in [0, 0.1) is 13.8 Å². The van der Waals surface area contributed by atoms with Gasteiger partial charge < -0.3 is 20.5 Å². The lowest BCUT2D eigenvalue weighted by Gasteiger charge is -2.12. The number of aromatic nitrogens is 5. The van der Waals surface area contributed by atoms with Gasteiger partial charge in [-0.3, -0.25) is 9.36 Å². The molecule has 0 spiro atoms. The lowest BCUT2D eigenvalue weighted by atomic mass is 10.1. The van der Waals surface area contributed by atoms with Crippen LogP contribution in [-0.2, 0) is 18.3 Å². The number of nitrogens with one attached hydrogen (secondary N) is 2. The van der Waals surface area contributed by atoms with Crippen LogP contribution in [0.15, 0.2) is 36.7 Å². The van der Waals surface area contributed by atoms with Crippen LogP contribution < -0.4 is 10.6 Å². The van der Waals surface area contributed by atoms with Crippen molar-refractivity contribution < 1.29 is 9.84 Å². The zero-order valence-electron chi connectivity index (χ0n) is 17.5. The molecule has 4 rings (SSSR count). The standard InChI is InChI=1S/C21H25N7O2/c1-13-5-6-17(29)14(2)20(13)24-21-15-12-22-19(23-18-7-8-27(3)25-18)11-16(15)28(26-21)9-10-30-4/h5-8,11-12,29H,9-10H2,1-4H3,(H,24,26)(H,22,23,25). The Morgan fingerprint density at radius 2 is 1.93 bits per heavy atom. The second-order valence-corrected chi connectivity index (χ2v) is 7.18. The van der Waals surface area contributed by atoms with Gasteiger partial charge in [0.25, 0.3) is 0 Å². The first kappa shape index (κ1) is 19.7. The van der Waals surface area contributed by atoms with Crippen molar-refractivity contribution in [1.82, 2.24) is 24.5 Å². The fourth-order valence-corrected chi connectivity index (χ4v) is 3.34. The van der Waals surface area contributed by atoms with Crippen molar-refractivity contribution in [3.8, 4) is 5.75 Å². The molecule has 0 saturated carbocycles. The number of phenols is 1. The summed E-state index contributed by atoms with van der Waals surface area (Å²) in [7, 11) is 3.53. The third kappa shape index (κ3) is 3.79. The first-order valence-electron chi connectivity index (χ1n) is 9.64. The SMILES string of the molecule is COCCn1nc(Nc2c(C)ccc(O)c2C)c2cnc(Nc3ccn(C)n3)cc21. The maximum atomic E-state index is 10.1. The van der Waals surface area contributed by atoms with Crippen LogP contribution in [0.5, 0.6) is 5.75 Å². The molecule has 9 nitrogen and oxygen atoms in total. The summed E-state index contributed by atoms with van der Waals surface area (Å²) in [6.45, 7) is 5.00. The summed E-state index contributed by atoms with van der Waals surface area (Å²) in [5, 5.41) is 26.7. The molecule has 0 radical (unpaired) electrons. The van der Waals surface area contributed by atoms with Crippen LogP contribution in [0.2, 0.25) is 0 Å². The van der Waals surface area contributed by atoms with E-state index >= 15 is 0 Å². The Labute approximate surface area is 174 Å². The lowest BCUT2D eigenvalue weighted by molar-refractivity contribution is 0.185. The summed E-state index contributed by atoms with van der Waals surface area (Å²) < 4.78 is 8.86. The van der Waals surface area contributed by atoms with Crippen LogP contribution in [0.1, 0.15) is 11.1 Å². The van der Waals surface area contributed by atoms with Gasteiger partial charge in [-0.1, -0.05) is 6.07 Å². The van der Waals surface area contributed by atoms with Crippen molar-refractivity contribution in [2.24, 2.45) is 7.05 Å². The summed E-state index contributed by atoms with van der Waals surface area (Å²) in [6, 6.07) is 7.40. The van der Waals surface area contributed by atoms with Gasteiger partial charge in [-0.05, 0) is 25.5 Å². The molecule has 0 bridgehead atoms. The molecule has 1 aromatic carbocycles. The first-order chi connectivity index (χ1) is 14.5.